The van der Waals surface area contributed by atoms with E-state index >= 15 is 0 Å². The molecule has 0 saturated carbocycles. The molecule has 0 aliphatic heterocycles. The largest absolute Gasteiger partial charge is 0.494 e. The molecule has 180 valence electrons. The molecule has 1 atom stereocenters. The highest BCUT2D eigenvalue weighted by Gasteiger charge is 2.29. The minimum atomic E-state index is -0.145. The minimum absolute atomic E-state index is 0.0573. The zero-order valence-electron chi connectivity index (χ0n) is 19.8. The van der Waals surface area contributed by atoms with Crippen LogP contribution in [0.1, 0.15) is 44.6 Å². The number of nitrogens with one attached hydrogen (secondary N) is 1. The lowest BCUT2D eigenvalue weighted by Crippen LogP contribution is -2.36. The van der Waals surface area contributed by atoms with E-state index in [0.29, 0.717) is 44.8 Å². The summed E-state index contributed by atoms with van der Waals surface area (Å²) in [5, 5.41) is 22.7. The molecule has 2 heterocycles. The molecule has 0 radical (unpaired) electrons. The van der Waals surface area contributed by atoms with Gasteiger partial charge in [0.2, 0.25) is 0 Å². The molecule has 2 aromatic heterocycles. The first-order valence-corrected chi connectivity index (χ1v) is 11.4. The van der Waals surface area contributed by atoms with Crippen molar-refractivity contribution in [3.8, 4) is 5.75 Å². The number of aliphatic hydroxyl groups excluding tert-OH is 1. The SMILES string of the molecule is CCOc1ccc2[nH]c(=O)c(CN(CCCO)[C@H](c3nnnn3CCOC)C(C)C)cc2c1. The molecule has 0 amide bonds. The number of hydrogen-bond acceptors (Lipinski definition) is 8. The van der Waals surface area contributed by atoms with Crippen molar-refractivity contribution in [2.75, 3.05) is 33.5 Å². The van der Waals surface area contributed by atoms with Gasteiger partial charge >= 0.3 is 0 Å². The number of pyridine rings is 1. The van der Waals surface area contributed by atoms with Crippen LogP contribution in [0.3, 0.4) is 0 Å². The summed E-state index contributed by atoms with van der Waals surface area (Å²) in [5.41, 5.74) is 1.26. The average Bonchev–Trinajstić information content (AvgIpc) is 3.24. The first-order valence-electron chi connectivity index (χ1n) is 11.4. The van der Waals surface area contributed by atoms with E-state index in [9.17, 15) is 9.90 Å². The van der Waals surface area contributed by atoms with Gasteiger partial charge in [0.25, 0.3) is 5.56 Å². The van der Waals surface area contributed by atoms with E-state index in [4.69, 9.17) is 9.47 Å². The summed E-state index contributed by atoms with van der Waals surface area (Å²) >= 11 is 0. The molecule has 0 aliphatic carbocycles. The number of methoxy groups -OCH3 is 1. The average molecular weight is 459 g/mol. The highest BCUT2D eigenvalue weighted by molar-refractivity contribution is 5.80. The van der Waals surface area contributed by atoms with Crippen molar-refractivity contribution < 1.29 is 14.6 Å². The molecule has 0 bridgehead atoms. The quantitative estimate of drug-likeness (QED) is 0.400. The van der Waals surface area contributed by atoms with Crippen LogP contribution < -0.4 is 10.3 Å². The number of nitrogens with zero attached hydrogens (tertiary/aromatic N) is 5. The van der Waals surface area contributed by atoms with Crippen LogP contribution in [0.15, 0.2) is 29.1 Å². The lowest BCUT2D eigenvalue weighted by atomic mass is 10.00. The van der Waals surface area contributed by atoms with Crippen molar-refractivity contribution >= 4 is 10.9 Å². The Bertz CT molecular complexity index is 1080. The van der Waals surface area contributed by atoms with E-state index in [0.717, 1.165) is 22.5 Å². The van der Waals surface area contributed by atoms with Crippen molar-refractivity contribution in [1.82, 2.24) is 30.1 Å². The lowest BCUT2D eigenvalue weighted by molar-refractivity contribution is 0.118. The van der Waals surface area contributed by atoms with Gasteiger partial charge in [0.05, 0.1) is 25.8 Å². The molecular formula is C23H34N6O4. The summed E-state index contributed by atoms with van der Waals surface area (Å²) in [5.74, 6) is 1.65. The zero-order chi connectivity index (χ0) is 23.8. The minimum Gasteiger partial charge on any atom is -0.494 e. The number of fused-ring (bicyclic) bond motifs is 1. The van der Waals surface area contributed by atoms with Gasteiger partial charge in [-0.3, -0.25) is 9.69 Å². The van der Waals surface area contributed by atoms with E-state index in [1.54, 1.807) is 11.8 Å². The molecule has 2 N–H and O–H groups in total. The van der Waals surface area contributed by atoms with Crippen LogP contribution in [-0.2, 0) is 17.8 Å². The van der Waals surface area contributed by atoms with Gasteiger partial charge in [-0.25, -0.2) is 4.68 Å². The van der Waals surface area contributed by atoms with Gasteiger partial charge in [-0.05, 0) is 54.0 Å². The number of ether oxygens (including phenoxy) is 2. The number of H-pyrrole nitrogens is 1. The molecule has 10 heteroatoms. The summed E-state index contributed by atoms with van der Waals surface area (Å²) in [7, 11) is 1.64. The summed E-state index contributed by atoms with van der Waals surface area (Å²) in [6, 6.07) is 7.41. The standard InChI is InChI=1S/C23H34N6O4/c1-5-33-19-7-8-20-17(14-19)13-18(23(31)24-20)15-28(9-6-11-30)21(16(2)3)22-25-26-27-29(22)10-12-32-4/h7-8,13-14,16,21,30H,5-6,9-12,15H2,1-4H3,(H,24,31)/t21-/m0/s1. The Hall–Kier alpha value is -2.82. The Kier molecular flexibility index (Phi) is 8.93. The second-order valence-corrected chi connectivity index (χ2v) is 8.30. The second kappa shape index (κ2) is 11.9. The normalized spacial score (nSPS) is 12.7. The van der Waals surface area contributed by atoms with E-state index in [-0.39, 0.29) is 24.1 Å². The van der Waals surface area contributed by atoms with Crippen molar-refractivity contribution in [3.05, 3.63) is 46.0 Å². The number of tetrazole rings is 1. The van der Waals surface area contributed by atoms with Crippen molar-refractivity contribution in [3.63, 3.8) is 0 Å². The maximum absolute atomic E-state index is 12.9. The fourth-order valence-electron chi connectivity index (χ4n) is 4.06. The highest BCUT2D eigenvalue weighted by atomic mass is 16.5. The zero-order valence-corrected chi connectivity index (χ0v) is 19.8. The number of aromatic nitrogens is 5. The molecule has 33 heavy (non-hydrogen) atoms. The Morgan fingerprint density at radius 1 is 1.27 bits per heavy atom. The molecule has 0 aliphatic rings. The monoisotopic (exact) mass is 458 g/mol. The van der Waals surface area contributed by atoms with E-state index < -0.39 is 0 Å². The Balaban J connectivity index is 1.98. The lowest BCUT2D eigenvalue weighted by Gasteiger charge is -2.33. The summed E-state index contributed by atoms with van der Waals surface area (Å²) in [6.07, 6.45) is 0.572. The molecule has 3 aromatic rings. The molecule has 0 spiro atoms. The number of hydrogen-bond donors (Lipinski definition) is 2. The topological polar surface area (TPSA) is 118 Å². The van der Waals surface area contributed by atoms with Gasteiger partial charge in [-0.2, -0.15) is 0 Å². The van der Waals surface area contributed by atoms with Crippen molar-refractivity contribution in [2.24, 2.45) is 5.92 Å². The maximum atomic E-state index is 12.9. The third-order valence-electron chi connectivity index (χ3n) is 5.54. The van der Waals surface area contributed by atoms with E-state index in [1.165, 1.54) is 0 Å². The number of aliphatic hydroxyl groups is 1. The van der Waals surface area contributed by atoms with Gasteiger partial charge in [-0.15, -0.1) is 5.10 Å². The molecular weight excluding hydrogens is 424 g/mol. The van der Waals surface area contributed by atoms with Crippen LogP contribution in [0.4, 0.5) is 0 Å². The molecule has 10 nitrogen and oxygen atoms in total. The van der Waals surface area contributed by atoms with Gasteiger partial charge < -0.3 is 19.6 Å². The Morgan fingerprint density at radius 2 is 2.09 bits per heavy atom. The van der Waals surface area contributed by atoms with Crippen LogP contribution in [0.25, 0.3) is 10.9 Å². The Labute approximate surface area is 193 Å². The third-order valence-corrected chi connectivity index (χ3v) is 5.54. The first-order chi connectivity index (χ1) is 16.0. The van der Waals surface area contributed by atoms with Crippen LogP contribution in [-0.4, -0.2) is 68.7 Å². The number of rotatable bonds is 13. The summed E-state index contributed by atoms with van der Waals surface area (Å²) in [6.45, 7) is 8.78. The van der Waals surface area contributed by atoms with Crippen LogP contribution in [0.2, 0.25) is 0 Å². The van der Waals surface area contributed by atoms with Crippen LogP contribution in [0, 0.1) is 5.92 Å². The maximum Gasteiger partial charge on any atom is 0.252 e. The van der Waals surface area contributed by atoms with Crippen LogP contribution in [0.5, 0.6) is 5.75 Å². The summed E-state index contributed by atoms with van der Waals surface area (Å²) < 4.78 is 12.6. The van der Waals surface area contributed by atoms with Gasteiger partial charge in [-0.1, -0.05) is 13.8 Å². The third kappa shape index (κ3) is 6.16. The van der Waals surface area contributed by atoms with E-state index in [2.05, 4.69) is 39.3 Å². The van der Waals surface area contributed by atoms with E-state index in [1.807, 2.05) is 31.2 Å². The molecule has 0 unspecified atom stereocenters. The highest BCUT2D eigenvalue weighted by Crippen LogP contribution is 2.29. The molecule has 0 fully saturated rings. The van der Waals surface area contributed by atoms with Crippen LogP contribution >= 0.6 is 0 Å². The van der Waals surface area contributed by atoms with Gasteiger partial charge in [0, 0.05) is 43.3 Å². The fraction of sp³-hybridized carbons (Fsp3) is 0.565. The first kappa shape index (κ1) is 24.8. The van der Waals surface area contributed by atoms with Gasteiger partial charge in [0.15, 0.2) is 5.82 Å². The molecule has 3 rings (SSSR count). The second-order valence-electron chi connectivity index (χ2n) is 8.30. The van der Waals surface area contributed by atoms with Gasteiger partial charge in [0.1, 0.15) is 5.75 Å². The number of aromatic amines is 1. The van der Waals surface area contributed by atoms with Crippen molar-refractivity contribution in [1.29, 1.82) is 0 Å². The smallest absolute Gasteiger partial charge is 0.252 e. The predicted octanol–water partition coefficient (Wildman–Crippen LogP) is 2.14. The fourth-order valence-corrected chi connectivity index (χ4v) is 4.06. The van der Waals surface area contributed by atoms with Crippen molar-refractivity contribution in [2.45, 2.75) is 46.3 Å². The molecule has 1 aromatic carbocycles. The number of benzene rings is 1. The molecule has 0 saturated heterocycles. The predicted molar refractivity (Wildman–Crippen MR) is 125 cm³/mol. The Morgan fingerprint density at radius 3 is 2.79 bits per heavy atom. The summed E-state index contributed by atoms with van der Waals surface area (Å²) in [4.78, 5) is 18.1.